The van der Waals surface area contributed by atoms with E-state index in [-0.39, 0.29) is 5.41 Å². The Balaban J connectivity index is 2.44. The van der Waals surface area contributed by atoms with Crippen molar-refractivity contribution in [1.82, 2.24) is 9.97 Å². The molecule has 0 aliphatic heterocycles. The highest BCUT2D eigenvalue weighted by atomic mass is 15.0. The molecule has 0 bridgehead atoms. The molecule has 0 atom stereocenters. The van der Waals surface area contributed by atoms with Gasteiger partial charge in [0.05, 0.1) is 6.20 Å². The lowest BCUT2D eigenvalue weighted by Crippen LogP contribution is -2.19. The van der Waals surface area contributed by atoms with Crippen LogP contribution in [0.4, 0.5) is 5.82 Å². The summed E-state index contributed by atoms with van der Waals surface area (Å²) in [6, 6.07) is 0. The van der Waals surface area contributed by atoms with E-state index in [1.165, 1.54) is 0 Å². The minimum Gasteiger partial charge on any atom is -0.368 e. The first-order valence-corrected chi connectivity index (χ1v) is 4.08. The highest BCUT2D eigenvalue weighted by Crippen LogP contribution is 2.13. The second-order valence-corrected chi connectivity index (χ2v) is 4.00. The number of rotatable bonds is 2. The monoisotopic (exact) mass is 165 g/mol. The van der Waals surface area contributed by atoms with Gasteiger partial charge in [-0.05, 0) is 5.41 Å². The van der Waals surface area contributed by atoms with Crippen LogP contribution in [0.2, 0.25) is 0 Å². The van der Waals surface area contributed by atoms with E-state index in [0.29, 0.717) is 0 Å². The van der Waals surface area contributed by atoms with Crippen LogP contribution in [-0.4, -0.2) is 16.5 Å². The molecule has 1 N–H and O–H groups in total. The average Bonchev–Trinajstić information content (AvgIpc) is 2.02. The highest BCUT2D eigenvalue weighted by molar-refractivity contribution is 5.29. The first-order chi connectivity index (χ1) is 5.58. The molecule has 0 fully saturated rings. The Labute approximate surface area is 73.2 Å². The molecule has 0 saturated carbocycles. The van der Waals surface area contributed by atoms with Gasteiger partial charge in [0, 0.05) is 18.9 Å². The third kappa shape index (κ3) is 3.32. The standard InChI is InChI=1S/C9H15N3/c1-9(2,3)7-12-8-6-10-4-5-11-8/h4-6H,7H2,1-3H3,(H,11,12). The Morgan fingerprint density at radius 2 is 2.08 bits per heavy atom. The lowest BCUT2D eigenvalue weighted by Gasteiger charge is -2.18. The summed E-state index contributed by atoms with van der Waals surface area (Å²) in [4.78, 5) is 8.07. The zero-order chi connectivity index (χ0) is 9.03. The normalized spacial score (nSPS) is 11.2. The summed E-state index contributed by atoms with van der Waals surface area (Å²) in [5.41, 5.74) is 0.275. The molecule has 66 valence electrons. The van der Waals surface area contributed by atoms with Gasteiger partial charge in [0.1, 0.15) is 5.82 Å². The summed E-state index contributed by atoms with van der Waals surface area (Å²) < 4.78 is 0. The molecule has 0 spiro atoms. The second-order valence-electron chi connectivity index (χ2n) is 4.00. The SMILES string of the molecule is CC(C)(C)CNc1cnccn1. The number of anilines is 1. The highest BCUT2D eigenvalue weighted by Gasteiger charge is 2.09. The van der Waals surface area contributed by atoms with Gasteiger partial charge >= 0.3 is 0 Å². The summed E-state index contributed by atoms with van der Waals surface area (Å²) >= 11 is 0. The topological polar surface area (TPSA) is 37.8 Å². The average molecular weight is 165 g/mol. The van der Waals surface area contributed by atoms with Crippen LogP contribution in [0.5, 0.6) is 0 Å². The van der Waals surface area contributed by atoms with Crippen LogP contribution in [0.3, 0.4) is 0 Å². The number of hydrogen-bond acceptors (Lipinski definition) is 3. The molecule has 0 unspecified atom stereocenters. The maximum Gasteiger partial charge on any atom is 0.144 e. The minimum atomic E-state index is 0.275. The molecule has 0 aliphatic carbocycles. The van der Waals surface area contributed by atoms with Gasteiger partial charge in [0.25, 0.3) is 0 Å². The van der Waals surface area contributed by atoms with Crippen molar-refractivity contribution < 1.29 is 0 Å². The van der Waals surface area contributed by atoms with Gasteiger partial charge in [-0.15, -0.1) is 0 Å². The fourth-order valence-electron chi connectivity index (χ4n) is 0.746. The number of aromatic nitrogens is 2. The van der Waals surface area contributed by atoms with Gasteiger partial charge in [-0.3, -0.25) is 4.98 Å². The van der Waals surface area contributed by atoms with Crippen molar-refractivity contribution in [1.29, 1.82) is 0 Å². The lowest BCUT2D eigenvalue weighted by atomic mass is 9.97. The van der Waals surface area contributed by atoms with Crippen LogP contribution in [0.25, 0.3) is 0 Å². The van der Waals surface area contributed by atoms with Crippen molar-refractivity contribution in [2.24, 2.45) is 5.41 Å². The predicted molar refractivity (Wildman–Crippen MR) is 50.0 cm³/mol. The fraction of sp³-hybridized carbons (Fsp3) is 0.556. The Kier molecular flexibility index (Phi) is 2.63. The van der Waals surface area contributed by atoms with E-state index in [1.54, 1.807) is 18.6 Å². The first-order valence-electron chi connectivity index (χ1n) is 4.08. The lowest BCUT2D eigenvalue weighted by molar-refractivity contribution is 0.442. The molecule has 0 aromatic carbocycles. The van der Waals surface area contributed by atoms with Gasteiger partial charge in [0.2, 0.25) is 0 Å². The molecular formula is C9H15N3. The molecule has 1 rings (SSSR count). The summed E-state index contributed by atoms with van der Waals surface area (Å²) in [6.07, 6.45) is 5.08. The van der Waals surface area contributed by atoms with Crippen molar-refractivity contribution in [3.05, 3.63) is 18.6 Å². The molecule has 12 heavy (non-hydrogen) atoms. The minimum absolute atomic E-state index is 0.275. The molecule has 3 nitrogen and oxygen atoms in total. The molecule has 0 saturated heterocycles. The van der Waals surface area contributed by atoms with E-state index in [0.717, 1.165) is 12.4 Å². The molecule has 0 aliphatic rings. The van der Waals surface area contributed by atoms with E-state index in [2.05, 4.69) is 36.1 Å². The van der Waals surface area contributed by atoms with Gasteiger partial charge in [0.15, 0.2) is 0 Å². The van der Waals surface area contributed by atoms with Crippen molar-refractivity contribution in [2.75, 3.05) is 11.9 Å². The molecular weight excluding hydrogens is 150 g/mol. The summed E-state index contributed by atoms with van der Waals surface area (Å²) in [6.45, 7) is 7.44. The van der Waals surface area contributed by atoms with Crippen LogP contribution in [0, 0.1) is 5.41 Å². The van der Waals surface area contributed by atoms with E-state index in [4.69, 9.17) is 0 Å². The molecule has 1 aromatic heterocycles. The maximum atomic E-state index is 4.11. The van der Waals surface area contributed by atoms with E-state index in [9.17, 15) is 0 Å². The maximum absolute atomic E-state index is 4.11. The van der Waals surface area contributed by atoms with Gasteiger partial charge in [-0.1, -0.05) is 20.8 Å². The Bertz CT molecular complexity index is 225. The Morgan fingerprint density at radius 3 is 2.58 bits per heavy atom. The Hall–Kier alpha value is -1.12. The molecule has 0 amide bonds. The first kappa shape index (κ1) is 8.97. The van der Waals surface area contributed by atoms with Crippen molar-refractivity contribution in [2.45, 2.75) is 20.8 Å². The number of nitrogens with zero attached hydrogens (tertiary/aromatic N) is 2. The Morgan fingerprint density at radius 1 is 1.33 bits per heavy atom. The van der Waals surface area contributed by atoms with Crippen molar-refractivity contribution >= 4 is 5.82 Å². The van der Waals surface area contributed by atoms with Gasteiger partial charge in [-0.2, -0.15) is 0 Å². The predicted octanol–water partition coefficient (Wildman–Crippen LogP) is 1.93. The third-order valence-electron chi connectivity index (χ3n) is 1.36. The smallest absolute Gasteiger partial charge is 0.144 e. The van der Waals surface area contributed by atoms with Crippen LogP contribution < -0.4 is 5.32 Å². The zero-order valence-electron chi connectivity index (χ0n) is 7.83. The quantitative estimate of drug-likeness (QED) is 0.727. The second kappa shape index (κ2) is 3.52. The summed E-state index contributed by atoms with van der Waals surface area (Å²) in [5.74, 6) is 0.840. The fourth-order valence-corrected chi connectivity index (χ4v) is 0.746. The summed E-state index contributed by atoms with van der Waals surface area (Å²) in [7, 11) is 0. The van der Waals surface area contributed by atoms with Crippen LogP contribution in [0.1, 0.15) is 20.8 Å². The van der Waals surface area contributed by atoms with Crippen molar-refractivity contribution in [3.63, 3.8) is 0 Å². The van der Waals surface area contributed by atoms with Crippen LogP contribution >= 0.6 is 0 Å². The molecule has 3 heteroatoms. The van der Waals surface area contributed by atoms with Crippen LogP contribution in [0.15, 0.2) is 18.6 Å². The third-order valence-corrected chi connectivity index (χ3v) is 1.36. The zero-order valence-corrected chi connectivity index (χ0v) is 7.83. The summed E-state index contributed by atoms with van der Waals surface area (Å²) in [5, 5.41) is 3.21. The largest absolute Gasteiger partial charge is 0.368 e. The van der Waals surface area contributed by atoms with E-state index in [1.807, 2.05) is 0 Å². The van der Waals surface area contributed by atoms with Crippen molar-refractivity contribution in [3.8, 4) is 0 Å². The van der Waals surface area contributed by atoms with E-state index >= 15 is 0 Å². The number of hydrogen-bond donors (Lipinski definition) is 1. The molecule has 1 heterocycles. The molecule has 1 aromatic rings. The molecule has 0 radical (unpaired) electrons. The van der Waals surface area contributed by atoms with E-state index < -0.39 is 0 Å². The number of nitrogens with one attached hydrogen (secondary N) is 1. The van der Waals surface area contributed by atoms with Gasteiger partial charge < -0.3 is 5.32 Å². The van der Waals surface area contributed by atoms with Gasteiger partial charge in [-0.25, -0.2) is 4.98 Å². The van der Waals surface area contributed by atoms with Crippen LogP contribution in [-0.2, 0) is 0 Å².